The van der Waals surface area contributed by atoms with Crippen LogP contribution >= 0.6 is 0 Å². The molecule has 0 bridgehead atoms. The van der Waals surface area contributed by atoms with Crippen molar-refractivity contribution in [2.75, 3.05) is 5.48 Å². The molecule has 1 atom stereocenters. The highest BCUT2D eigenvalue weighted by molar-refractivity contribution is 5.76. The van der Waals surface area contributed by atoms with Crippen LogP contribution < -0.4 is 10.2 Å². The lowest BCUT2D eigenvalue weighted by Crippen LogP contribution is -2.30. The van der Waals surface area contributed by atoms with E-state index in [1.807, 2.05) is 5.48 Å². The van der Waals surface area contributed by atoms with Crippen molar-refractivity contribution in [3.8, 4) is 5.75 Å². The van der Waals surface area contributed by atoms with Crippen LogP contribution in [-0.2, 0) is 15.8 Å². The van der Waals surface area contributed by atoms with E-state index < -0.39 is 47.0 Å². The van der Waals surface area contributed by atoms with Crippen LogP contribution in [0.15, 0.2) is 36.4 Å². The summed E-state index contributed by atoms with van der Waals surface area (Å²) < 4.78 is 82.8. The van der Waals surface area contributed by atoms with E-state index in [0.29, 0.717) is 18.2 Å². The molecule has 10 heteroatoms. The number of hydrogen-bond acceptors (Lipinski definition) is 4. The van der Waals surface area contributed by atoms with Gasteiger partial charge in [0.1, 0.15) is 23.1 Å². The molecule has 27 heavy (non-hydrogen) atoms. The van der Waals surface area contributed by atoms with Gasteiger partial charge in [-0.1, -0.05) is 6.92 Å². The van der Waals surface area contributed by atoms with Crippen molar-refractivity contribution in [1.82, 2.24) is 0 Å². The number of rotatable bonds is 6. The maximum Gasteiger partial charge on any atom is 0.419 e. The maximum atomic E-state index is 13.5. The molecule has 0 aliphatic carbocycles. The zero-order valence-corrected chi connectivity index (χ0v) is 13.7. The number of benzene rings is 2. The standard InChI is InChI=1S/C17H13F6NO3/c1-2-15(16(25)27-24-14-6-3-9(18)7-13(14)20)26-10-4-5-12(19)11(8-10)17(21,22)23/h3-8,15,24H,2H2,1H3/t15-/m0/s1. The first-order valence-electron chi connectivity index (χ1n) is 7.57. The number of alkyl halides is 3. The van der Waals surface area contributed by atoms with Gasteiger partial charge in [-0.25, -0.2) is 23.4 Å². The molecule has 0 saturated carbocycles. The van der Waals surface area contributed by atoms with E-state index in [9.17, 15) is 31.1 Å². The van der Waals surface area contributed by atoms with Gasteiger partial charge < -0.3 is 9.57 Å². The van der Waals surface area contributed by atoms with Gasteiger partial charge in [-0.2, -0.15) is 13.2 Å². The highest BCUT2D eigenvalue weighted by Gasteiger charge is 2.35. The monoisotopic (exact) mass is 393 g/mol. The summed E-state index contributed by atoms with van der Waals surface area (Å²) in [4.78, 5) is 16.6. The molecule has 2 aromatic rings. The van der Waals surface area contributed by atoms with E-state index in [4.69, 9.17) is 4.74 Å². The van der Waals surface area contributed by atoms with Crippen LogP contribution in [0.4, 0.5) is 32.0 Å². The van der Waals surface area contributed by atoms with Gasteiger partial charge in [-0.3, -0.25) is 0 Å². The summed E-state index contributed by atoms with van der Waals surface area (Å²) in [5, 5.41) is 0. The summed E-state index contributed by atoms with van der Waals surface area (Å²) in [7, 11) is 0. The molecule has 0 unspecified atom stereocenters. The molecule has 146 valence electrons. The predicted octanol–water partition coefficient (Wildman–Crippen LogP) is 4.85. The van der Waals surface area contributed by atoms with Crippen molar-refractivity contribution in [1.29, 1.82) is 0 Å². The molecule has 0 heterocycles. The normalized spacial score (nSPS) is 12.4. The zero-order chi connectivity index (χ0) is 20.2. The van der Waals surface area contributed by atoms with E-state index in [2.05, 4.69) is 4.84 Å². The van der Waals surface area contributed by atoms with Crippen molar-refractivity contribution in [2.45, 2.75) is 25.6 Å². The third kappa shape index (κ3) is 5.28. The summed E-state index contributed by atoms with van der Waals surface area (Å²) in [6.45, 7) is 1.48. The zero-order valence-electron chi connectivity index (χ0n) is 13.7. The molecule has 2 rings (SSSR count). The minimum atomic E-state index is -4.94. The van der Waals surface area contributed by atoms with Crippen LogP contribution in [0.2, 0.25) is 0 Å². The molecule has 0 saturated heterocycles. The van der Waals surface area contributed by atoms with Gasteiger partial charge in [0.2, 0.25) is 0 Å². The van der Waals surface area contributed by atoms with Crippen LogP contribution in [0.1, 0.15) is 18.9 Å². The largest absolute Gasteiger partial charge is 0.479 e. The Balaban J connectivity index is 2.07. The van der Waals surface area contributed by atoms with E-state index in [1.165, 1.54) is 6.92 Å². The lowest BCUT2D eigenvalue weighted by Gasteiger charge is -2.18. The number of anilines is 1. The van der Waals surface area contributed by atoms with E-state index in [1.54, 1.807) is 0 Å². The Kier molecular flexibility index (Phi) is 6.19. The highest BCUT2D eigenvalue weighted by atomic mass is 19.4. The molecule has 0 amide bonds. The number of nitrogens with one attached hydrogen (secondary N) is 1. The Morgan fingerprint density at radius 2 is 1.78 bits per heavy atom. The molecule has 4 nitrogen and oxygen atoms in total. The molecule has 0 spiro atoms. The van der Waals surface area contributed by atoms with Gasteiger partial charge >= 0.3 is 12.1 Å². The Labute approximate surface area is 149 Å². The van der Waals surface area contributed by atoms with Gasteiger partial charge in [0, 0.05) is 6.07 Å². The second-order valence-electron chi connectivity index (χ2n) is 5.30. The van der Waals surface area contributed by atoms with Crippen LogP contribution in [0.5, 0.6) is 5.75 Å². The van der Waals surface area contributed by atoms with Gasteiger partial charge in [0.15, 0.2) is 11.9 Å². The summed E-state index contributed by atoms with van der Waals surface area (Å²) in [6, 6.07) is 4.36. The lowest BCUT2D eigenvalue weighted by atomic mass is 10.2. The molecule has 0 aromatic heterocycles. The van der Waals surface area contributed by atoms with Crippen LogP contribution in [0.3, 0.4) is 0 Å². The number of halogens is 6. The first-order valence-corrected chi connectivity index (χ1v) is 7.57. The van der Waals surface area contributed by atoms with E-state index >= 15 is 0 Å². The first kappa shape index (κ1) is 20.4. The fourth-order valence-corrected chi connectivity index (χ4v) is 2.00. The summed E-state index contributed by atoms with van der Waals surface area (Å²) >= 11 is 0. The topological polar surface area (TPSA) is 47.6 Å². The van der Waals surface area contributed by atoms with Crippen molar-refractivity contribution in [2.24, 2.45) is 0 Å². The van der Waals surface area contributed by atoms with Gasteiger partial charge in [0.05, 0.1) is 5.56 Å². The lowest BCUT2D eigenvalue weighted by molar-refractivity contribution is -0.149. The minimum Gasteiger partial charge on any atom is -0.479 e. The van der Waals surface area contributed by atoms with Crippen molar-refractivity contribution in [3.05, 3.63) is 59.4 Å². The predicted molar refractivity (Wildman–Crippen MR) is 82.2 cm³/mol. The van der Waals surface area contributed by atoms with Crippen molar-refractivity contribution >= 4 is 11.7 Å². The fraction of sp³-hybridized carbons (Fsp3) is 0.235. The number of ether oxygens (including phenoxy) is 1. The molecular formula is C17H13F6NO3. The Morgan fingerprint density at radius 3 is 2.37 bits per heavy atom. The average Bonchev–Trinajstić information content (AvgIpc) is 2.59. The van der Waals surface area contributed by atoms with Crippen molar-refractivity contribution < 1.29 is 40.7 Å². The maximum absolute atomic E-state index is 13.5. The van der Waals surface area contributed by atoms with Crippen LogP contribution in [0, 0.1) is 17.5 Å². The molecule has 0 aliphatic heterocycles. The molecule has 2 aromatic carbocycles. The smallest absolute Gasteiger partial charge is 0.419 e. The quantitative estimate of drug-likeness (QED) is 0.563. The summed E-state index contributed by atoms with van der Waals surface area (Å²) in [6.07, 6.45) is -6.30. The molecule has 0 radical (unpaired) electrons. The summed E-state index contributed by atoms with van der Waals surface area (Å²) in [5.41, 5.74) is 0.0949. The molecule has 0 aliphatic rings. The molecular weight excluding hydrogens is 380 g/mol. The minimum absolute atomic E-state index is 0.00879. The number of carbonyl (C=O) groups excluding carboxylic acids is 1. The molecule has 1 N–H and O–H groups in total. The first-order chi connectivity index (χ1) is 12.6. The number of carbonyl (C=O) groups is 1. The van der Waals surface area contributed by atoms with Gasteiger partial charge in [-0.15, -0.1) is 0 Å². The summed E-state index contributed by atoms with van der Waals surface area (Å²) in [5.74, 6) is -4.82. The third-order valence-electron chi connectivity index (χ3n) is 3.35. The number of hydrogen-bond donors (Lipinski definition) is 1. The Morgan fingerprint density at radius 1 is 1.07 bits per heavy atom. The van der Waals surface area contributed by atoms with Crippen LogP contribution in [0.25, 0.3) is 0 Å². The van der Waals surface area contributed by atoms with E-state index in [0.717, 1.165) is 18.2 Å². The van der Waals surface area contributed by atoms with Gasteiger partial charge in [0.25, 0.3) is 0 Å². The van der Waals surface area contributed by atoms with Crippen molar-refractivity contribution in [3.63, 3.8) is 0 Å². The third-order valence-corrected chi connectivity index (χ3v) is 3.35. The Bertz CT molecular complexity index is 825. The molecule has 0 fully saturated rings. The fourth-order valence-electron chi connectivity index (χ4n) is 2.00. The SMILES string of the molecule is CC[C@H](Oc1ccc(F)c(C(F)(F)F)c1)C(=O)ONc1ccc(F)cc1F. The second-order valence-corrected chi connectivity index (χ2v) is 5.30. The highest BCUT2D eigenvalue weighted by Crippen LogP contribution is 2.34. The Hall–Kier alpha value is -2.91. The second kappa shape index (κ2) is 8.19. The van der Waals surface area contributed by atoms with E-state index in [-0.39, 0.29) is 12.1 Å². The van der Waals surface area contributed by atoms with Crippen LogP contribution in [-0.4, -0.2) is 12.1 Å². The average molecular weight is 393 g/mol. The van der Waals surface area contributed by atoms with Gasteiger partial charge in [-0.05, 0) is 36.8 Å².